The van der Waals surface area contributed by atoms with Crippen molar-refractivity contribution in [3.8, 4) is 5.75 Å². The van der Waals surface area contributed by atoms with Crippen molar-refractivity contribution in [1.82, 2.24) is 4.90 Å². The van der Waals surface area contributed by atoms with Crippen LogP contribution in [0, 0.1) is 6.92 Å². The summed E-state index contributed by atoms with van der Waals surface area (Å²) in [4.78, 5) is 26.0. The molecule has 0 bridgehead atoms. The molecule has 0 aliphatic carbocycles. The van der Waals surface area contributed by atoms with E-state index in [-0.39, 0.29) is 17.1 Å². The van der Waals surface area contributed by atoms with Crippen LogP contribution in [0.15, 0.2) is 33.6 Å². The van der Waals surface area contributed by atoms with Gasteiger partial charge in [0.05, 0.1) is 10.9 Å². The standard InChI is InChI=1S/C19H23NO4/c1-5-6-7-13-11-16(22)24-15-10-12(2)17(19(23)18(13)15)14(21)8-9-20(3)4/h8-11,23H,5-7H2,1-4H3/b9-8+. The molecule has 0 atom stereocenters. The van der Waals surface area contributed by atoms with Gasteiger partial charge in [-0.3, -0.25) is 4.79 Å². The highest BCUT2D eigenvalue weighted by molar-refractivity contribution is 6.11. The molecule has 1 aromatic carbocycles. The normalized spacial score (nSPS) is 11.3. The molecule has 24 heavy (non-hydrogen) atoms. The third kappa shape index (κ3) is 3.67. The maximum Gasteiger partial charge on any atom is 0.336 e. The Labute approximate surface area is 141 Å². The van der Waals surface area contributed by atoms with E-state index in [0.29, 0.717) is 28.5 Å². The van der Waals surface area contributed by atoms with E-state index in [9.17, 15) is 14.7 Å². The molecular weight excluding hydrogens is 306 g/mol. The van der Waals surface area contributed by atoms with Crippen LogP contribution in [0.2, 0.25) is 0 Å². The van der Waals surface area contributed by atoms with Gasteiger partial charge in [0.1, 0.15) is 11.3 Å². The zero-order valence-corrected chi connectivity index (χ0v) is 14.5. The van der Waals surface area contributed by atoms with Gasteiger partial charge in [0.15, 0.2) is 5.78 Å². The van der Waals surface area contributed by atoms with Crippen LogP contribution in [0.3, 0.4) is 0 Å². The Morgan fingerprint density at radius 1 is 1.33 bits per heavy atom. The Morgan fingerprint density at radius 3 is 2.67 bits per heavy atom. The van der Waals surface area contributed by atoms with E-state index in [0.717, 1.165) is 12.8 Å². The highest BCUT2D eigenvalue weighted by Gasteiger charge is 2.19. The van der Waals surface area contributed by atoms with E-state index in [1.165, 1.54) is 12.1 Å². The van der Waals surface area contributed by atoms with Crippen LogP contribution in [0.1, 0.15) is 41.3 Å². The number of rotatable bonds is 6. The average Bonchev–Trinajstić information content (AvgIpc) is 2.49. The molecule has 1 N–H and O–H groups in total. The minimum atomic E-state index is -0.445. The third-order valence-electron chi connectivity index (χ3n) is 3.86. The predicted molar refractivity (Wildman–Crippen MR) is 94.7 cm³/mol. The second-order valence-corrected chi connectivity index (χ2v) is 6.13. The molecule has 1 heterocycles. The lowest BCUT2D eigenvalue weighted by molar-refractivity contribution is 0.104. The summed E-state index contributed by atoms with van der Waals surface area (Å²) in [6.45, 7) is 3.77. The summed E-state index contributed by atoms with van der Waals surface area (Å²) >= 11 is 0. The molecule has 0 aliphatic heterocycles. The Bertz CT molecular complexity index is 847. The van der Waals surface area contributed by atoms with Crippen molar-refractivity contribution in [2.24, 2.45) is 0 Å². The van der Waals surface area contributed by atoms with Crippen molar-refractivity contribution in [2.75, 3.05) is 14.1 Å². The number of phenolic OH excluding ortho intramolecular Hbond substituents is 1. The van der Waals surface area contributed by atoms with Crippen molar-refractivity contribution in [3.05, 3.63) is 51.5 Å². The van der Waals surface area contributed by atoms with Crippen molar-refractivity contribution < 1.29 is 14.3 Å². The van der Waals surface area contributed by atoms with Crippen molar-refractivity contribution in [2.45, 2.75) is 33.1 Å². The second kappa shape index (κ2) is 7.34. The minimum Gasteiger partial charge on any atom is -0.506 e. The molecule has 0 saturated carbocycles. The van der Waals surface area contributed by atoms with Gasteiger partial charge in [-0.1, -0.05) is 13.3 Å². The molecule has 0 fully saturated rings. The smallest absolute Gasteiger partial charge is 0.336 e. The van der Waals surface area contributed by atoms with Gasteiger partial charge < -0.3 is 14.4 Å². The van der Waals surface area contributed by atoms with Gasteiger partial charge in [0.2, 0.25) is 0 Å². The first-order valence-electron chi connectivity index (χ1n) is 8.03. The van der Waals surface area contributed by atoms with Crippen LogP contribution in [-0.2, 0) is 6.42 Å². The fraction of sp³-hybridized carbons (Fsp3) is 0.368. The zero-order valence-electron chi connectivity index (χ0n) is 14.5. The lowest BCUT2D eigenvalue weighted by atomic mass is 9.96. The van der Waals surface area contributed by atoms with Gasteiger partial charge in [-0.05, 0) is 37.0 Å². The lowest BCUT2D eigenvalue weighted by Crippen LogP contribution is -2.06. The third-order valence-corrected chi connectivity index (χ3v) is 3.86. The molecule has 0 aliphatic rings. The van der Waals surface area contributed by atoms with Crippen molar-refractivity contribution in [3.63, 3.8) is 0 Å². The number of nitrogens with zero attached hydrogens (tertiary/aromatic N) is 1. The molecule has 0 spiro atoms. The molecule has 0 saturated heterocycles. The SMILES string of the molecule is CCCCc1cc(=O)oc2cc(C)c(C(=O)/C=C/N(C)C)c(O)c12. The molecule has 5 nitrogen and oxygen atoms in total. The number of benzene rings is 1. The average molecular weight is 329 g/mol. The molecule has 2 rings (SSSR count). The van der Waals surface area contributed by atoms with E-state index >= 15 is 0 Å². The van der Waals surface area contributed by atoms with Gasteiger partial charge in [0.25, 0.3) is 0 Å². The fourth-order valence-electron chi connectivity index (χ4n) is 2.69. The lowest BCUT2D eigenvalue weighted by Gasteiger charge is -2.12. The molecule has 0 radical (unpaired) electrons. The summed E-state index contributed by atoms with van der Waals surface area (Å²) in [6, 6.07) is 3.04. The Morgan fingerprint density at radius 2 is 2.04 bits per heavy atom. The number of carbonyl (C=O) groups is 1. The van der Waals surface area contributed by atoms with Crippen LogP contribution in [0.4, 0.5) is 0 Å². The number of fused-ring (bicyclic) bond motifs is 1. The first kappa shape index (κ1) is 17.8. The second-order valence-electron chi connectivity index (χ2n) is 6.13. The van der Waals surface area contributed by atoms with Crippen LogP contribution in [0.25, 0.3) is 11.0 Å². The number of carbonyl (C=O) groups excluding carboxylic acids is 1. The first-order chi connectivity index (χ1) is 11.3. The van der Waals surface area contributed by atoms with Gasteiger partial charge in [-0.15, -0.1) is 0 Å². The monoisotopic (exact) mass is 329 g/mol. The Hall–Kier alpha value is -2.56. The molecule has 5 heteroatoms. The number of aryl methyl sites for hydroxylation is 2. The first-order valence-corrected chi connectivity index (χ1v) is 8.03. The van der Waals surface area contributed by atoms with Crippen LogP contribution < -0.4 is 5.63 Å². The number of phenols is 1. The Balaban J connectivity index is 2.68. The van der Waals surface area contributed by atoms with Crippen molar-refractivity contribution >= 4 is 16.8 Å². The van der Waals surface area contributed by atoms with Crippen LogP contribution in [-0.4, -0.2) is 29.9 Å². The van der Waals surface area contributed by atoms with Crippen molar-refractivity contribution in [1.29, 1.82) is 0 Å². The van der Waals surface area contributed by atoms with E-state index < -0.39 is 5.63 Å². The highest BCUT2D eigenvalue weighted by Crippen LogP contribution is 2.34. The van der Waals surface area contributed by atoms with Gasteiger partial charge in [-0.2, -0.15) is 0 Å². The zero-order chi connectivity index (χ0) is 17.9. The number of hydrogen-bond acceptors (Lipinski definition) is 5. The van der Waals surface area contributed by atoms with Crippen LogP contribution in [0.5, 0.6) is 5.75 Å². The van der Waals surface area contributed by atoms with E-state index in [4.69, 9.17) is 4.42 Å². The number of allylic oxidation sites excluding steroid dienone is 1. The number of ketones is 1. The maximum atomic E-state index is 12.5. The summed E-state index contributed by atoms with van der Waals surface area (Å²) in [7, 11) is 3.63. The fourth-order valence-corrected chi connectivity index (χ4v) is 2.69. The topological polar surface area (TPSA) is 70.8 Å². The quantitative estimate of drug-likeness (QED) is 0.499. The summed E-state index contributed by atoms with van der Waals surface area (Å²) in [5.41, 5.74) is 1.40. The molecule has 1 aromatic heterocycles. The van der Waals surface area contributed by atoms with Gasteiger partial charge in [-0.25, -0.2) is 4.79 Å². The summed E-state index contributed by atoms with van der Waals surface area (Å²) in [5, 5.41) is 11.2. The summed E-state index contributed by atoms with van der Waals surface area (Å²) in [5.74, 6) is -0.401. The Kier molecular flexibility index (Phi) is 5.44. The van der Waals surface area contributed by atoms with Crippen LogP contribution >= 0.6 is 0 Å². The number of unbranched alkanes of at least 4 members (excludes halogenated alkanes) is 1. The summed E-state index contributed by atoms with van der Waals surface area (Å²) < 4.78 is 5.22. The predicted octanol–water partition coefficient (Wildman–Crippen LogP) is 3.41. The minimum absolute atomic E-state index is 0.117. The molecule has 2 aromatic rings. The largest absolute Gasteiger partial charge is 0.506 e. The van der Waals surface area contributed by atoms with Gasteiger partial charge >= 0.3 is 5.63 Å². The molecule has 128 valence electrons. The molecule has 0 amide bonds. The summed E-state index contributed by atoms with van der Waals surface area (Å²) in [6.07, 6.45) is 5.55. The number of aromatic hydroxyl groups is 1. The maximum absolute atomic E-state index is 12.5. The molecular formula is C19H23NO4. The highest BCUT2D eigenvalue weighted by atomic mass is 16.4. The van der Waals surface area contributed by atoms with E-state index in [1.54, 1.807) is 24.1 Å². The van der Waals surface area contributed by atoms with E-state index in [2.05, 4.69) is 6.92 Å². The number of hydrogen-bond donors (Lipinski definition) is 1. The molecule has 0 unspecified atom stereocenters. The van der Waals surface area contributed by atoms with E-state index in [1.807, 2.05) is 14.1 Å². The van der Waals surface area contributed by atoms with Gasteiger partial charge in [0, 0.05) is 32.4 Å².